The second kappa shape index (κ2) is 7.87. The number of piperidine rings is 1. The van der Waals surface area contributed by atoms with Crippen molar-refractivity contribution in [2.45, 2.75) is 31.5 Å². The van der Waals surface area contributed by atoms with Crippen LogP contribution in [-0.2, 0) is 17.9 Å². The van der Waals surface area contributed by atoms with E-state index in [9.17, 15) is 9.59 Å². The Morgan fingerprint density at radius 3 is 2.14 bits per heavy atom. The quantitative estimate of drug-likeness (QED) is 0.733. The van der Waals surface area contributed by atoms with Gasteiger partial charge in [-0.15, -0.1) is 0 Å². The summed E-state index contributed by atoms with van der Waals surface area (Å²) in [6, 6.07) is 17.8. The first-order valence-corrected chi connectivity index (χ1v) is 10.0. The molecule has 0 aromatic heterocycles. The van der Waals surface area contributed by atoms with Crippen molar-refractivity contribution in [3.63, 3.8) is 0 Å². The van der Waals surface area contributed by atoms with E-state index in [4.69, 9.17) is 4.74 Å². The lowest BCUT2D eigenvalue weighted by molar-refractivity contribution is -0.135. The average Bonchev–Trinajstić information content (AvgIpc) is 2.93. The van der Waals surface area contributed by atoms with Crippen molar-refractivity contribution in [1.29, 1.82) is 0 Å². The molecule has 1 spiro atoms. The number of methoxy groups -OCH3 is 1. The van der Waals surface area contributed by atoms with Gasteiger partial charge >= 0.3 is 6.03 Å². The number of benzene rings is 2. The molecular formula is C23H27N3O3. The molecule has 0 radical (unpaired) electrons. The molecule has 2 aromatic rings. The Balaban J connectivity index is 1.47. The van der Waals surface area contributed by atoms with Crippen molar-refractivity contribution >= 4 is 11.9 Å². The number of carbonyl (C=O) groups excluding carboxylic acids is 2. The van der Waals surface area contributed by atoms with E-state index in [1.165, 1.54) is 10.5 Å². The van der Waals surface area contributed by atoms with Gasteiger partial charge in [0.25, 0.3) is 5.91 Å². The van der Waals surface area contributed by atoms with E-state index in [0.29, 0.717) is 19.4 Å². The molecule has 2 aliphatic heterocycles. The third kappa shape index (κ3) is 3.60. The molecule has 152 valence electrons. The van der Waals surface area contributed by atoms with Gasteiger partial charge in [-0.25, -0.2) is 4.79 Å². The maximum absolute atomic E-state index is 13.1. The molecular weight excluding hydrogens is 366 g/mol. The highest BCUT2D eigenvalue weighted by molar-refractivity contribution is 6.06. The van der Waals surface area contributed by atoms with E-state index in [1.54, 1.807) is 19.1 Å². The monoisotopic (exact) mass is 393 g/mol. The fraction of sp³-hybridized carbons (Fsp3) is 0.391. The van der Waals surface area contributed by atoms with Gasteiger partial charge in [-0.2, -0.15) is 0 Å². The zero-order valence-electron chi connectivity index (χ0n) is 17.0. The summed E-state index contributed by atoms with van der Waals surface area (Å²) in [5, 5.41) is 0. The van der Waals surface area contributed by atoms with Gasteiger partial charge in [0, 0.05) is 33.2 Å². The number of rotatable bonds is 5. The zero-order valence-corrected chi connectivity index (χ0v) is 17.0. The predicted octanol–water partition coefficient (Wildman–Crippen LogP) is 3.12. The zero-order chi connectivity index (χ0) is 20.4. The molecule has 6 nitrogen and oxygen atoms in total. The Kier molecular flexibility index (Phi) is 5.28. The van der Waals surface area contributed by atoms with Gasteiger partial charge in [-0.3, -0.25) is 14.6 Å². The van der Waals surface area contributed by atoms with Crippen molar-refractivity contribution in [3.05, 3.63) is 65.7 Å². The van der Waals surface area contributed by atoms with Crippen LogP contribution in [0.25, 0.3) is 0 Å². The molecule has 0 aliphatic carbocycles. The van der Waals surface area contributed by atoms with E-state index in [0.717, 1.165) is 30.9 Å². The van der Waals surface area contributed by atoms with Crippen LogP contribution in [0, 0.1) is 0 Å². The fourth-order valence-electron chi connectivity index (χ4n) is 4.42. The summed E-state index contributed by atoms with van der Waals surface area (Å²) in [6.45, 7) is 2.86. The molecule has 0 N–H and O–H groups in total. The maximum atomic E-state index is 13.1. The van der Waals surface area contributed by atoms with Crippen LogP contribution in [0.5, 0.6) is 5.75 Å². The van der Waals surface area contributed by atoms with E-state index in [1.807, 2.05) is 42.5 Å². The summed E-state index contributed by atoms with van der Waals surface area (Å²) in [4.78, 5) is 31.3. The molecule has 0 unspecified atom stereocenters. The number of hydrogen-bond donors (Lipinski definition) is 0. The lowest BCUT2D eigenvalue weighted by Crippen LogP contribution is -2.56. The fourth-order valence-corrected chi connectivity index (χ4v) is 4.42. The summed E-state index contributed by atoms with van der Waals surface area (Å²) >= 11 is 0. The number of hydrogen-bond acceptors (Lipinski definition) is 4. The summed E-state index contributed by atoms with van der Waals surface area (Å²) in [6.07, 6.45) is 1.32. The number of amides is 3. The summed E-state index contributed by atoms with van der Waals surface area (Å²) in [5.41, 5.74) is 1.54. The average molecular weight is 393 g/mol. The van der Waals surface area contributed by atoms with Crippen molar-refractivity contribution in [2.75, 3.05) is 27.2 Å². The Labute approximate surface area is 171 Å². The second-order valence-electron chi connectivity index (χ2n) is 7.87. The van der Waals surface area contributed by atoms with Gasteiger partial charge in [-0.05, 0) is 36.1 Å². The van der Waals surface area contributed by atoms with Gasteiger partial charge in [0.15, 0.2) is 0 Å². The van der Waals surface area contributed by atoms with Crippen LogP contribution in [0.3, 0.4) is 0 Å². The smallest absolute Gasteiger partial charge is 0.327 e. The lowest BCUT2D eigenvalue weighted by Gasteiger charge is -2.42. The molecule has 2 fully saturated rings. The van der Waals surface area contributed by atoms with Gasteiger partial charge < -0.3 is 9.64 Å². The molecule has 2 heterocycles. The number of nitrogens with zero attached hydrogens (tertiary/aromatic N) is 3. The molecule has 2 saturated heterocycles. The molecule has 4 rings (SSSR count). The third-order valence-corrected chi connectivity index (χ3v) is 6.17. The SMILES string of the molecule is COc1ccc(CN2CCC3(CC2)C(=O)N(C)C(=O)N3Cc2ccccc2)cc1. The Morgan fingerprint density at radius 2 is 1.52 bits per heavy atom. The van der Waals surface area contributed by atoms with Crippen molar-refractivity contribution in [2.24, 2.45) is 0 Å². The first-order valence-electron chi connectivity index (χ1n) is 10.0. The summed E-state index contributed by atoms with van der Waals surface area (Å²) < 4.78 is 5.22. The Bertz CT molecular complexity index is 874. The van der Waals surface area contributed by atoms with Gasteiger partial charge in [0.1, 0.15) is 11.3 Å². The minimum Gasteiger partial charge on any atom is -0.497 e. The highest BCUT2D eigenvalue weighted by Crippen LogP contribution is 2.38. The second-order valence-corrected chi connectivity index (χ2v) is 7.87. The molecule has 0 saturated carbocycles. The molecule has 2 aromatic carbocycles. The predicted molar refractivity (Wildman–Crippen MR) is 110 cm³/mol. The molecule has 3 amide bonds. The van der Waals surface area contributed by atoms with E-state index in [-0.39, 0.29) is 11.9 Å². The van der Waals surface area contributed by atoms with Crippen LogP contribution in [-0.4, -0.2) is 59.4 Å². The molecule has 29 heavy (non-hydrogen) atoms. The molecule has 0 atom stereocenters. The summed E-state index contributed by atoms with van der Waals surface area (Å²) in [5.74, 6) is 0.781. The number of urea groups is 1. The van der Waals surface area contributed by atoms with Crippen LogP contribution in [0.15, 0.2) is 54.6 Å². The first-order chi connectivity index (χ1) is 14.0. The van der Waals surface area contributed by atoms with E-state index < -0.39 is 5.54 Å². The molecule has 0 bridgehead atoms. The van der Waals surface area contributed by atoms with Crippen molar-refractivity contribution < 1.29 is 14.3 Å². The van der Waals surface area contributed by atoms with Crippen molar-refractivity contribution in [1.82, 2.24) is 14.7 Å². The van der Waals surface area contributed by atoms with Gasteiger partial charge in [0.05, 0.1) is 7.11 Å². The summed E-state index contributed by atoms with van der Waals surface area (Å²) in [7, 11) is 3.26. The first kappa shape index (κ1) is 19.5. The van der Waals surface area contributed by atoms with Crippen LogP contribution >= 0.6 is 0 Å². The molecule has 2 aliphatic rings. The van der Waals surface area contributed by atoms with Crippen LogP contribution in [0.2, 0.25) is 0 Å². The Morgan fingerprint density at radius 1 is 0.897 bits per heavy atom. The number of carbonyl (C=O) groups is 2. The van der Waals surface area contributed by atoms with Crippen molar-refractivity contribution in [3.8, 4) is 5.75 Å². The standard InChI is InChI=1S/C23H27N3O3/c1-24-21(27)23(26(22(24)28)17-18-6-4-3-5-7-18)12-14-25(15-13-23)16-19-8-10-20(29-2)11-9-19/h3-11H,12-17H2,1-2H3. The number of ether oxygens (including phenoxy) is 1. The largest absolute Gasteiger partial charge is 0.497 e. The van der Waals surface area contributed by atoms with Gasteiger partial charge in [-0.1, -0.05) is 42.5 Å². The highest BCUT2D eigenvalue weighted by Gasteiger charge is 2.56. The molecule has 6 heteroatoms. The van der Waals surface area contributed by atoms with E-state index >= 15 is 0 Å². The van der Waals surface area contributed by atoms with E-state index in [2.05, 4.69) is 17.0 Å². The maximum Gasteiger partial charge on any atom is 0.327 e. The van der Waals surface area contributed by atoms with Crippen LogP contribution < -0.4 is 4.74 Å². The topological polar surface area (TPSA) is 53.1 Å². The number of likely N-dealkylation sites (N-methyl/N-ethyl adjacent to an activating group) is 1. The highest BCUT2D eigenvalue weighted by atomic mass is 16.5. The Hall–Kier alpha value is -2.86. The normalized spacial score (nSPS) is 19.2. The minimum atomic E-state index is -0.724. The number of likely N-dealkylation sites (tertiary alicyclic amines) is 1. The van der Waals surface area contributed by atoms with Gasteiger partial charge in [0.2, 0.25) is 0 Å². The van der Waals surface area contributed by atoms with Crippen LogP contribution in [0.1, 0.15) is 24.0 Å². The number of imide groups is 1. The third-order valence-electron chi connectivity index (χ3n) is 6.17. The van der Waals surface area contributed by atoms with Crippen LogP contribution in [0.4, 0.5) is 4.79 Å². The lowest BCUT2D eigenvalue weighted by atomic mass is 9.85. The minimum absolute atomic E-state index is 0.0671.